The van der Waals surface area contributed by atoms with Crippen molar-refractivity contribution in [2.24, 2.45) is 11.3 Å². The van der Waals surface area contributed by atoms with Gasteiger partial charge in [0.05, 0.1) is 24.1 Å². The molecule has 0 bridgehead atoms. The topological polar surface area (TPSA) is 119 Å². The molecular formula is C16H18N2O7. The van der Waals surface area contributed by atoms with E-state index in [9.17, 15) is 24.8 Å². The molecule has 1 N–H and O–H groups in total. The Kier molecular flexibility index (Phi) is 4.34. The van der Waals surface area contributed by atoms with Crippen LogP contribution in [0.5, 0.6) is 5.75 Å². The zero-order valence-electron chi connectivity index (χ0n) is 13.6. The van der Waals surface area contributed by atoms with Crippen LogP contribution in [0.3, 0.4) is 0 Å². The van der Waals surface area contributed by atoms with E-state index in [4.69, 9.17) is 9.47 Å². The quantitative estimate of drug-likeness (QED) is 0.639. The van der Waals surface area contributed by atoms with Gasteiger partial charge in [0.25, 0.3) is 5.91 Å². The summed E-state index contributed by atoms with van der Waals surface area (Å²) in [6.07, 6.45) is 0.361. The van der Waals surface area contributed by atoms with Crippen molar-refractivity contribution in [3.63, 3.8) is 0 Å². The number of rotatable bonds is 4. The Labute approximate surface area is 143 Å². The molecule has 25 heavy (non-hydrogen) atoms. The van der Waals surface area contributed by atoms with Gasteiger partial charge in [-0.2, -0.15) is 0 Å². The zero-order valence-corrected chi connectivity index (χ0v) is 13.6. The van der Waals surface area contributed by atoms with Gasteiger partial charge in [0, 0.05) is 43.3 Å². The number of aliphatic carboxylic acids is 1. The second-order valence-electron chi connectivity index (χ2n) is 6.31. The van der Waals surface area contributed by atoms with E-state index < -0.39 is 16.3 Å². The number of carbonyl (C=O) groups is 2. The molecule has 134 valence electrons. The smallest absolute Gasteiger partial charge is 0.311 e. The SMILES string of the molecule is COc1cc(C(=O)N2C[C@H]3COCC[C@@]3(C(=O)O)C2)ccc1[N+](=O)[O-]. The van der Waals surface area contributed by atoms with Crippen molar-refractivity contribution < 1.29 is 29.1 Å². The average molecular weight is 350 g/mol. The summed E-state index contributed by atoms with van der Waals surface area (Å²) in [5, 5.41) is 20.6. The van der Waals surface area contributed by atoms with E-state index in [0.717, 1.165) is 0 Å². The third-order valence-corrected chi connectivity index (χ3v) is 5.04. The summed E-state index contributed by atoms with van der Waals surface area (Å²) < 4.78 is 10.4. The number of amides is 1. The average Bonchev–Trinajstić information content (AvgIpc) is 3.01. The van der Waals surface area contributed by atoms with Gasteiger partial charge >= 0.3 is 11.7 Å². The molecule has 0 radical (unpaired) electrons. The van der Waals surface area contributed by atoms with Gasteiger partial charge in [0.2, 0.25) is 0 Å². The molecular weight excluding hydrogens is 332 g/mol. The van der Waals surface area contributed by atoms with Gasteiger partial charge in [0.1, 0.15) is 0 Å². The third kappa shape index (κ3) is 2.80. The lowest BCUT2D eigenvalue weighted by Crippen LogP contribution is -2.45. The highest BCUT2D eigenvalue weighted by atomic mass is 16.6. The lowest BCUT2D eigenvalue weighted by atomic mass is 9.74. The second kappa shape index (κ2) is 6.32. The van der Waals surface area contributed by atoms with Crippen LogP contribution in [0.2, 0.25) is 0 Å². The van der Waals surface area contributed by atoms with Crippen LogP contribution in [0, 0.1) is 21.4 Å². The lowest BCUT2D eigenvalue weighted by Gasteiger charge is -2.33. The van der Waals surface area contributed by atoms with Crippen LogP contribution in [0.15, 0.2) is 18.2 Å². The van der Waals surface area contributed by atoms with E-state index in [0.29, 0.717) is 19.6 Å². The van der Waals surface area contributed by atoms with Crippen LogP contribution in [-0.4, -0.2) is 60.2 Å². The molecule has 2 saturated heterocycles. The van der Waals surface area contributed by atoms with E-state index in [-0.39, 0.29) is 41.9 Å². The number of benzene rings is 1. The Morgan fingerprint density at radius 2 is 2.24 bits per heavy atom. The number of carbonyl (C=O) groups excluding carboxylic acids is 1. The molecule has 0 aromatic heterocycles. The molecule has 0 aliphatic carbocycles. The molecule has 2 atom stereocenters. The first-order chi connectivity index (χ1) is 11.9. The van der Waals surface area contributed by atoms with Crippen LogP contribution in [-0.2, 0) is 9.53 Å². The van der Waals surface area contributed by atoms with E-state index in [1.54, 1.807) is 0 Å². The molecule has 2 fully saturated rings. The summed E-state index contributed by atoms with van der Waals surface area (Å²) in [6, 6.07) is 3.88. The maximum absolute atomic E-state index is 12.8. The van der Waals surface area contributed by atoms with Gasteiger partial charge in [-0.15, -0.1) is 0 Å². The molecule has 1 aromatic rings. The number of hydrogen-bond acceptors (Lipinski definition) is 6. The Hall–Kier alpha value is -2.68. The fourth-order valence-electron chi connectivity index (χ4n) is 3.60. The fraction of sp³-hybridized carbons (Fsp3) is 0.500. The summed E-state index contributed by atoms with van der Waals surface area (Å²) >= 11 is 0. The standard InChI is InChI=1S/C16H18N2O7/c1-24-13-6-10(2-3-12(13)18(22)23)14(19)17-7-11-8-25-5-4-16(11,9-17)15(20)21/h2-3,6,11H,4-5,7-9H2,1H3,(H,20,21)/t11-,16+/m0/s1. The number of likely N-dealkylation sites (tertiary alicyclic amines) is 1. The molecule has 2 heterocycles. The molecule has 2 aliphatic heterocycles. The van der Waals surface area contributed by atoms with Crippen molar-refractivity contribution in [2.75, 3.05) is 33.4 Å². The largest absolute Gasteiger partial charge is 0.490 e. The minimum atomic E-state index is -0.987. The van der Waals surface area contributed by atoms with Crippen LogP contribution in [0.1, 0.15) is 16.8 Å². The zero-order chi connectivity index (χ0) is 18.2. The number of nitro benzene ring substituents is 1. The van der Waals surface area contributed by atoms with Crippen LogP contribution in [0.4, 0.5) is 5.69 Å². The highest BCUT2D eigenvalue weighted by Gasteiger charge is 2.55. The highest BCUT2D eigenvalue weighted by molar-refractivity contribution is 5.96. The normalized spacial score (nSPS) is 25.3. The molecule has 9 nitrogen and oxygen atoms in total. The number of nitro groups is 1. The number of fused-ring (bicyclic) bond motifs is 1. The van der Waals surface area contributed by atoms with Crippen LogP contribution < -0.4 is 4.74 Å². The predicted molar refractivity (Wildman–Crippen MR) is 84.5 cm³/mol. The first kappa shape index (κ1) is 17.2. The summed E-state index contributed by atoms with van der Waals surface area (Å²) in [5.74, 6) is -1.56. The molecule has 1 aromatic carbocycles. The summed E-state index contributed by atoms with van der Waals surface area (Å²) in [6.45, 7) is 1.05. The van der Waals surface area contributed by atoms with Crippen molar-refractivity contribution in [1.82, 2.24) is 4.90 Å². The minimum Gasteiger partial charge on any atom is -0.490 e. The van der Waals surface area contributed by atoms with E-state index >= 15 is 0 Å². The predicted octanol–water partition coefficient (Wildman–Crippen LogP) is 1.17. The van der Waals surface area contributed by atoms with Crippen molar-refractivity contribution in [3.8, 4) is 5.75 Å². The number of hydrogen-bond donors (Lipinski definition) is 1. The Bertz CT molecular complexity index is 735. The first-order valence-electron chi connectivity index (χ1n) is 7.82. The molecule has 3 rings (SSSR count). The lowest BCUT2D eigenvalue weighted by molar-refractivity contribution is -0.385. The van der Waals surface area contributed by atoms with Crippen molar-refractivity contribution in [3.05, 3.63) is 33.9 Å². The number of carboxylic acid groups (broad SMARTS) is 1. The number of methoxy groups -OCH3 is 1. The summed E-state index contributed by atoms with van der Waals surface area (Å²) in [5.41, 5.74) is -0.995. The maximum atomic E-state index is 12.8. The van der Waals surface area contributed by atoms with Gasteiger partial charge < -0.3 is 19.5 Å². The van der Waals surface area contributed by atoms with Gasteiger partial charge in [-0.25, -0.2) is 0 Å². The molecule has 0 spiro atoms. The maximum Gasteiger partial charge on any atom is 0.311 e. The van der Waals surface area contributed by atoms with E-state index in [1.165, 1.54) is 30.2 Å². The molecule has 1 amide bonds. The van der Waals surface area contributed by atoms with E-state index in [2.05, 4.69) is 0 Å². The molecule has 0 unspecified atom stereocenters. The fourth-order valence-corrected chi connectivity index (χ4v) is 3.60. The van der Waals surface area contributed by atoms with Gasteiger partial charge in [0.15, 0.2) is 5.75 Å². The van der Waals surface area contributed by atoms with Gasteiger partial charge in [-0.05, 0) is 12.5 Å². The Balaban J connectivity index is 1.87. The van der Waals surface area contributed by atoms with Crippen molar-refractivity contribution in [1.29, 1.82) is 0 Å². The van der Waals surface area contributed by atoms with E-state index in [1.807, 2.05) is 0 Å². The van der Waals surface area contributed by atoms with Gasteiger partial charge in [-0.1, -0.05) is 0 Å². The Morgan fingerprint density at radius 1 is 1.48 bits per heavy atom. The number of carboxylic acids is 1. The van der Waals surface area contributed by atoms with Crippen molar-refractivity contribution in [2.45, 2.75) is 6.42 Å². The monoisotopic (exact) mass is 350 g/mol. The van der Waals surface area contributed by atoms with Gasteiger partial charge in [-0.3, -0.25) is 19.7 Å². The third-order valence-electron chi connectivity index (χ3n) is 5.04. The van der Waals surface area contributed by atoms with Crippen LogP contribution >= 0.6 is 0 Å². The molecule has 2 aliphatic rings. The first-order valence-corrected chi connectivity index (χ1v) is 7.82. The van der Waals surface area contributed by atoms with Crippen LogP contribution in [0.25, 0.3) is 0 Å². The second-order valence-corrected chi connectivity index (χ2v) is 6.31. The minimum absolute atomic E-state index is 0.0104. The van der Waals surface area contributed by atoms with Crippen molar-refractivity contribution >= 4 is 17.6 Å². The highest BCUT2D eigenvalue weighted by Crippen LogP contribution is 2.43. The summed E-state index contributed by atoms with van der Waals surface area (Å²) in [4.78, 5) is 36.4. The Morgan fingerprint density at radius 3 is 2.84 bits per heavy atom. The number of ether oxygens (including phenoxy) is 2. The summed E-state index contributed by atoms with van der Waals surface area (Å²) in [7, 11) is 1.29. The molecule has 0 saturated carbocycles. The number of nitrogens with zero attached hydrogens (tertiary/aromatic N) is 2. The molecule has 9 heteroatoms.